The summed E-state index contributed by atoms with van der Waals surface area (Å²) in [4.78, 5) is 18.2. The van der Waals surface area contributed by atoms with Gasteiger partial charge in [0.05, 0.1) is 13.7 Å². The van der Waals surface area contributed by atoms with Gasteiger partial charge in [-0.25, -0.2) is 4.98 Å². The van der Waals surface area contributed by atoms with E-state index in [2.05, 4.69) is 15.2 Å². The van der Waals surface area contributed by atoms with E-state index in [0.29, 0.717) is 19.0 Å². The van der Waals surface area contributed by atoms with Gasteiger partial charge in [0.25, 0.3) is 0 Å². The average Bonchev–Trinajstić information content (AvgIpc) is 2.48. The first-order chi connectivity index (χ1) is 9.69. The summed E-state index contributed by atoms with van der Waals surface area (Å²) < 4.78 is 5.15. The number of amides is 1. The van der Waals surface area contributed by atoms with Crippen LogP contribution >= 0.6 is 0 Å². The van der Waals surface area contributed by atoms with E-state index in [0.717, 1.165) is 31.5 Å². The van der Waals surface area contributed by atoms with E-state index in [1.165, 1.54) is 0 Å². The molecule has 3 N–H and O–H groups in total. The Kier molecular flexibility index (Phi) is 5.31. The number of methoxy groups -OCH3 is 1. The normalized spacial score (nSPS) is 16.9. The number of hydrogen-bond donors (Lipinski definition) is 2. The van der Waals surface area contributed by atoms with Gasteiger partial charge in [0, 0.05) is 37.4 Å². The van der Waals surface area contributed by atoms with Gasteiger partial charge >= 0.3 is 0 Å². The Labute approximate surface area is 119 Å². The second-order valence-corrected chi connectivity index (χ2v) is 5.06. The van der Waals surface area contributed by atoms with Gasteiger partial charge in [0.2, 0.25) is 11.8 Å². The number of rotatable bonds is 5. The van der Waals surface area contributed by atoms with Crippen molar-refractivity contribution < 1.29 is 9.53 Å². The minimum atomic E-state index is 0.0198. The zero-order valence-corrected chi connectivity index (χ0v) is 11.8. The third-order valence-corrected chi connectivity index (χ3v) is 3.52. The first kappa shape index (κ1) is 14.7. The fourth-order valence-corrected chi connectivity index (χ4v) is 2.31. The monoisotopic (exact) mass is 278 g/mol. The summed E-state index contributed by atoms with van der Waals surface area (Å²) in [7, 11) is 1.57. The predicted molar refractivity (Wildman–Crippen MR) is 76.3 cm³/mol. The molecule has 1 aliphatic rings. The number of nitrogens with two attached hydrogens (primary N) is 1. The van der Waals surface area contributed by atoms with Crippen molar-refractivity contribution in [3.05, 3.63) is 23.9 Å². The van der Waals surface area contributed by atoms with Crippen LogP contribution in [0.25, 0.3) is 0 Å². The summed E-state index contributed by atoms with van der Waals surface area (Å²) in [5.41, 5.74) is 6.73. The lowest BCUT2D eigenvalue weighted by atomic mass is 10.1. The average molecular weight is 278 g/mol. The highest BCUT2D eigenvalue weighted by Crippen LogP contribution is 2.13. The van der Waals surface area contributed by atoms with E-state index in [1.54, 1.807) is 13.3 Å². The Balaban J connectivity index is 1.77. The van der Waals surface area contributed by atoms with Crippen molar-refractivity contribution in [3.63, 3.8) is 0 Å². The number of piperidine rings is 1. The van der Waals surface area contributed by atoms with Gasteiger partial charge < -0.3 is 15.8 Å². The summed E-state index contributed by atoms with van der Waals surface area (Å²) in [6, 6.07) is 4.01. The highest BCUT2D eigenvalue weighted by Gasteiger charge is 2.18. The van der Waals surface area contributed by atoms with Crippen molar-refractivity contribution in [2.75, 3.05) is 26.7 Å². The van der Waals surface area contributed by atoms with Crippen molar-refractivity contribution in [1.29, 1.82) is 0 Å². The second kappa shape index (κ2) is 7.21. The van der Waals surface area contributed by atoms with E-state index in [1.807, 2.05) is 12.1 Å². The molecular formula is C14H22N4O2. The molecule has 1 saturated heterocycles. The van der Waals surface area contributed by atoms with Crippen molar-refractivity contribution in [2.24, 2.45) is 5.73 Å². The zero-order chi connectivity index (χ0) is 14.4. The summed E-state index contributed by atoms with van der Waals surface area (Å²) in [5, 5.41) is 2.90. The molecule has 0 unspecified atom stereocenters. The summed E-state index contributed by atoms with van der Waals surface area (Å²) in [5.74, 6) is 0.572. The maximum absolute atomic E-state index is 11.9. The highest BCUT2D eigenvalue weighted by atomic mass is 16.5. The number of nitrogens with one attached hydrogen (secondary N) is 1. The molecular weight excluding hydrogens is 256 g/mol. The van der Waals surface area contributed by atoms with Crippen molar-refractivity contribution in [3.8, 4) is 5.88 Å². The minimum absolute atomic E-state index is 0.0198. The molecule has 1 aromatic rings. The van der Waals surface area contributed by atoms with E-state index in [4.69, 9.17) is 10.5 Å². The molecule has 0 bridgehead atoms. The number of likely N-dealkylation sites (tertiary alicyclic amines) is 1. The molecule has 0 saturated carbocycles. The molecule has 0 atom stereocenters. The van der Waals surface area contributed by atoms with Gasteiger partial charge in [-0.15, -0.1) is 0 Å². The predicted octanol–water partition coefficient (Wildman–Crippen LogP) is 0.130. The third-order valence-electron chi connectivity index (χ3n) is 3.52. The van der Waals surface area contributed by atoms with Crippen molar-refractivity contribution in [2.45, 2.75) is 25.4 Å². The van der Waals surface area contributed by atoms with Crippen molar-refractivity contribution in [1.82, 2.24) is 15.2 Å². The fourth-order valence-electron chi connectivity index (χ4n) is 2.31. The molecule has 0 radical (unpaired) electrons. The van der Waals surface area contributed by atoms with E-state index in [9.17, 15) is 4.79 Å². The van der Waals surface area contributed by atoms with Crippen LogP contribution in [0.2, 0.25) is 0 Å². The quantitative estimate of drug-likeness (QED) is 0.800. The number of pyridine rings is 1. The zero-order valence-electron chi connectivity index (χ0n) is 11.8. The Bertz CT molecular complexity index is 445. The van der Waals surface area contributed by atoms with Crippen LogP contribution in [-0.4, -0.2) is 48.6 Å². The minimum Gasteiger partial charge on any atom is -0.481 e. The molecule has 0 aliphatic carbocycles. The molecule has 2 rings (SSSR count). The van der Waals surface area contributed by atoms with Gasteiger partial charge in [-0.3, -0.25) is 9.69 Å². The van der Waals surface area contributed by atoms with E-state index >= 15 is 0 Å². The maximum atomic E-state index is 11.9. The summed E-state index contributed by atoms with van der Waals surface area (Å²) in [6.07, 6.45) is 3.59. The molecule has 1 aromatic heterocycles. The number of carbonyl (C=O) groups is 1. The van der Waals surface area contributed by atoms with Crippen molar-refractivity contribution >= 4 is 5.91 Å². The van der Waals surface area contributed by atoms with Gasteiger partial charge in [-0.1, -0.05) is 6.07 Å². The molecule has 6 heteroatoms. The number of hydrogen-bond acceptors (Lipinski definition) is 5. The summed E-state index contributed by atoms with van der Waals surface area (Å²) >= 11 is 0. The lowest BCUT2D eigenvalue weighted by Gasteiger charge is -2.29. The number of ether oxygens (including phenoxy) is 1. The van der Waals surface area contributed by atoms with Crippen LogP contribution in [0.5, 0.6) is 5.88 Å². The molecule has 2 heterocycles. The van der Waals surface area contributed by atoms with Crippen LogP contribution in [0.15, 0.2) is 18.3 Å². The van der Waals surface area contributed by atoms with E-state index < -0.39 is 0 Å². The molecule has 0 aromatic carbocycles. The molecule has 1 amide bonds. The van der Waals surface area contributed by atoms with Crippen LogP contribution in [0, 0.1) is 0 Å². The molecule has 20 heavy (non-hydrogen) atoms. The van der Waals surface area contributed by atoms with Gasteiger partial charge in [-0.2, -0.15) is 0 Å². The topological polar surface area (TPSA) is 80.5 Å². The first-order valence-electron chi connectivity index (χ1n) is 6.91. The number of nitrogens with zero attached hydrogens (tertiary/aromatic N) is 2. The largest absolute Gasteiger partial charge is 0.481 e. The lowest BCUT2D eigenvalue weighted by Crippen LogP contribution is -2.44. The maximum Gasteiger partial charge on any atom is 0.234 e. The fraction of sp³-hybridized carbons (Fsp3) is 0.571. The number of carbonyl (C=O) groups excluding carboxylic acids is 1. The second-order valence-electron chi connectivity index (χ2n) is 5.06. The Morgan fingerprint density at radius 2 is 2.30 bits per heavy atom. The van der Waals surface area contributed by atoms with E-state index in [-0.39, 0.29) is 11.9 Å². The molecule has 6 nitrogen and oxygen atoms in total. The third kappa shape index (κ3) is 4.18. The van der Waals surface area contributed by atoms with Crippen LogP contribution < -0.4 is 15.8 Å². The summed E-state index contributed by atoms with van der Waals surface area (Å²) in [6.45, 7) is 2.65. The molecule has 0 spiro atoms. The van der Waals surface area contributed by atoms with Gasteiger partial charge in [-0.05, 0) is 18.9 Å². The van der Waals surface area contributed by atoms with Crippen LogP contribution in [0.1, 0.15) is 18.4 Å². The smallest absolute Gasteiger partial charge is 0.234 e. The van der Waals surface area contributed by atoms with Crippen LogP contribution in [0.4, 0.5) is 0 Å². The standard InChI is InChI=1S/C14H22N4O2/c1-20-14-11(3-2-6-16-14)9-17-13(19)10-18-7-4-12(15)5-8-18/h2-3,6,12H,4-5,7-10,15H2,1H3,(H,17,19). The Morgan fingerprint density at radius 3 is 3.00 bits per heavy atom. The SMILES string of the molecule is COc1ncccc1CNC(=O)CN1CCC(N)CC1. The van der Waals surface area contributed by atoms with Crippen LogP contribution in [0.3, 0.4) is 0 Å². The highest BCUT2D eigenvalue weighted by molar-refractivity contribution is 5.78. The molecule has 1 aliphatic heterocycles. The molecule has 1 fully saturated rings. The lowest BCUT2D eigenvalue weighted by molar-refractivity contribution is -0.122. The Hall–Kier alpha value is -1.66. The molecule has 110 valence electrons. The number of aromatic nitrogens is 1. The van der Waals surface area contributed by atoms with Crippen LogP contribution in [-0.2, 0) is 11.3 Å². The first-order valence-corrected chi connectivity index (χ1v) is 6.91. The van der Waals surface area contributed by atoms with Gasteiger partial charge in [0.1, 0.15) is 0 Å². The van der Waals surface area contributed by atoms with Gasteiger partial charge in [0.15, 0.2) is 0 Å². The Morgan fingerprint density at radius 1 is 1.55 bits per heavy atom.